The summed E-state index contributed by atoms with van der Waals surface area (Å²) >= 11 is 3.93. The Bertz CT molecular complexity index is 802. The lowest BCUT2D eigenvalue weighted by Crippen LogP contribution is -2.13. The van der Waals surface area contributed by atoms with Crippen LogP contribution in [0.3, 0.4) is 0 Å². The van der Waals surface area contributed by atoms with Gasteiger partial charge in [-0.3, -0.25) is 0 Å². The monoisotopic (exact) mass is 393 g/mol. The van der Waals surface area contributed by atoms with E-state index in [4.69, 9.17) is 4.74 Å². The first-order valence-corrected chi connectivity index (χ1v) is 8.50. The molecule has 0 radical (unpaired) electrons. The zero-order chi connectivity index (χ0) is 16.4. The van der Waals surface area contributed by atoms with Crippen molar-refractivity contribution < 1.29 is 18.1 Å². The summed E-state index contributed by atoms with van der Waals surface area (Å²) in [6, 6.07) is 11.4. The summed E-state index contributed by atoms with van der Waals surface area (Å²) in [5.74, 6) is 0.229. The highest BCUT2D eigenvalue weighted by molar-refractivity contribution is 9.11. The van der Waals surface area contributed by atoms with Gasteiger partial charge in [0.2, 0.25) is 0 Å². The number of allylic oxidation sites excluding steroid dienone is 1. The fraction of sp³-hybridized carbons (Fsp3) is 0.118. The Morgan fingerprint density at radius 2 is 1.96 bits per heavy atom. The summed E-state index contributed by atoms with van der Waals surface area (Å²) in [6.45, 7) is 0. The quantitative estimate of drug-likeness (QED) is 0.577. The summed E-state index contributed by atoms with van der Waals surface area (Å²) in [6.07, 6.45) is 0.797. The summed E-state index contributed by atoms with van der Waals surface area (Å²) in [7, 11) is 0. The molecule has 1 heterocycles. The third-order valence-corrected chi connectivity index (χ3v) is 4.90. The third-order valence-electron chi connectivity index (χ3n) is 3.59. The van der Waals surface area contributed by atoms with E-state index in [1.54, 1.807) is 6.07 Å². The zero-order valence-electron chi connectivity index (χ0n) is 11.8. The molecule has 3 nitrogen and oxygen atoms in total. The average molecular weight is 394 g/mol. The molecule has 1 atom stereocenters. The standard InChI is InChI=1S/C17H11BrFO3S/c18-16-14(8-20)13-6-5-12(19)7-15(13)22-17(16)11-3-1-10(2-4-11)9-23-21/h1-8,14H,9H2/q+1. The molecule has 0 amide bonds. The topological polar surface area (TPSA) is 43.4 Å². The molecule has 6 heteroatoms. The number of halogens is 2. The first-order valence-electron chi connectivity index (χ1n) is 6.80. The molecule has 2 aromatic rings. The van der Waals surface area contributed by atoms with Crippen molar-refractivity contribution in [2.24, 2.45) is 0 Å². The Morgan fingerprint density at radius 3 is 2.61 bits per heavy atom. The summed E-state index contributed by atoms with van der Waals surface area (Å²) in [5.41, 5.74) is 2.27. The van der Waals surface area contributed by atoms with Crippen LogP contribution in [0.4, 0.5) is 4.39 Å². The van der Waals surface area contributed by atoms with Gasteiger partial charge in [0.05, 0.1) is 10.4 Å². The molecule has 0 saturated carbocycles. The van der Waals surface area contributed by atoms with Crippen molar-refractivity contribution in [3.8, 4) is 5.75 Å². The van der Waals surface area contributed by atoms with Gasteiger partial charge in [-0.25, -0.2) is 4.39 Å². The molecule has 0 aromatic heterocycles. The van der Waals surface area contributed by atoms with Gasteiger partial charge in [0, 0.05) is 27.0 Å². The second kappa shape index (κ2) is 6.68. The SMILES string of the molecule is O=CC1C(Br)=C(c2ccc(C[S+]=O)cc2)Oc2cc(F)ccc21. The molecular weight excluding hydrogens is 383 g/mol. The highest BCUT2D eigenvalue weighted by Crippen LogP contribution is 2.44. The molecule has 0 bridgehead atoms. The van der Waals surface area contributed by atoms with Crippen LogP contribution in [-0.4, -0.2) is 6.29 Å². The minimum absolute atomic E-state index is 0.333. The smallest absolute Gasteiger partial charge is 0.455 e. The molecule has 116 valence electrons. The van der Waals surface area contributed by atoms with Crippen molar-refractivity contribution >= 4 is 39.6 Å². The second-order valence-electron chi connectivity index (χ2n) is 5.03. The number of hydrogen-bond acceptors (Lipinski definition) is 3. The van der Waals surface area contributed by atoms with Crippen molar-refractivity contribution in [1.29, 1.82) is 0 Å². The van der Waals surface area contributed by atoms with E-state index in [1.807, 2.05) is 24.3 Å². The molecule has 1 aliphatic heterocycles. The summed E-state index contributed by atoms with van der Waals surface area (Å²) in [4.78, 5) is 11.5. The van der Waals surface area contributed by atoms with Crippen LogP contribution in [0.25, 0.3) is 5.76 Å². The Labute approximate surface area is 144 Å². The predicted octanol–water partition coefficient (Wildman–Crippen LogP) is 4.19. The maximum atomic E-state index is 13.5. The first kappa shape index (κ1) is 16.0. The predicted molar refractivity (Wildman–Crippen MR) is 89.9 cm³/mol. The van der Waals surface area contributed by atoms with Gasteiger partial charge in [-0.05, 0) is 6.07 Å². The number of rotatable bonds is 4. The van der Waals surface area contributed by atoms with Gasteiger partial charge >= 0.3 is 11.7 Å². The van der Waals surface area contributed by atoms with Crippen molar-refractivity contribution in [1.82, 2.24) is 0 Å². The van der Waals surface area contributed by atoms with Crippen LogP contribution < -0.4 is 4.74 Å². The van der Waals surface area contributed by atoms with Crippen LogP contribution in [-0.2, 0) is 26.4 Å². The molecule has 23 heavy (non-hydrogen) atoms. The Kier molecular flexibility index (Phi) is 4.63. The van der Waals surface area contributed by atoms with Crippen molar-refractivity contribution in [3.63, 3.8) is 0 Å². The van der Waals surface area contributed by atoms with Crippen molar-refractivity contribution in [2.75, 3.05) is 0 Å². The molecule has 0 saturated heterocycles. The highest BCUT2D eigenvalue weighted by Gasteiger charge is 2.29. The number of aldehydes is 1. The molecule has 1 unspecified atom stereocenters. The fourth-order valence-electron chi connectivity index (χ4n) is 2.44. The normalized spacial score (nSPS) is 16.5. The summed E-state index contributed by atoms with van der Waals surface area (Å²) in [5, 5.41) is 0. The average Bonchev–Trinajstić information content (AvgIpc) is 2.56. The van der Waals surface area contributed by atoms with E-state index >= 15 is 0 Å². The van der Waals surface area contributed by atoms with E-state index in [1.165, 1.54) is 12.1 Å². The van der Waals surface area contributed by atoms with E-state index < -0.39 is 11.7 Å². The maximum Gasteiger partial charge on any atom is 0.463 e. The number of ether oxygens (including phenoxy) is 1. The van der Waals surface area contributed by atoms with Gasteiger partial charge in [0.1, 0.15) is 23.6 Å². The Hall–Kier alpha value is -1.92. The number of carbonyl (C=O) groups excluding carboxylic acids is 1. The Balaban J connectivity index is 2.04. The number of carbonyl (C=O) groups is 1. The number of fused-ring (bicyclic) bond motifs is 1. The largest absolute Gasteiger partial charge is 0.463 e. The van der Waals surface area contributed by atoms with Gasteiger partial charge < -0.3 is 9.53 Å². The van der Waals surface area contributed by atoms with Crippen LogP contribution in [0, 0.1) is 5.82 Å². The number of hydrogen-bond donors (Lipinski definition) is 0. The van der Waals surface area contributed by atoms with Crippen molar-refractivity contribution in [3.05, 3.63) is 69.5 Å². The van der Waals surface area contributed by atoms with E-state index in [-0.39, 0.29) is 0 Å². The third kappa shape index (κ3) is 3.09. The molecule has 2 aromatic carbocycles. The van der Waals surface area contributed by atoms with Gasteiger partial charge in [0.25, 0.3) is 5.75 Å². The van der Waals surface area contributed by atoms with Crippen LogP contribution in [0.15, 0.2) is 46.9 Å². The fourth-order valence-corrected chi connectivity index (χ4v) is 3.43. The van der Waals surface area contributed by atoms with E-state index in [0.717, 1.165) is 17.4 Å². The summed E-state index contributed by atoms with van der Waals surface area (Å²) < 4.78 is 30.5. The van der Waals surface area contributed by atoms with E-state index in [0.29, 0.717) is 39.0 Å². The molecule has 0 N–H and O–H groups in total. The van der Waals surface area contributed by atoms with E-state index in [2.05, 4.69) is 15.9 Å². The van der Waals surface area contributed by atoms with Crippen LogP contribution >= 0.6 is 15.9 Å². The van der Waals surface area contributed by atoms with Crippen LogP contribution in [0.2, 0.25) is 0 Å². The zero-order valence-corrected chi connectivity index (χ0v) is 14.2. The van der Waals surface area contributed by atoms with Crippen LogP contribution in [0.1, 0.15) is 22.6 Å². The molecule has 0 spiro atoms. The lowest BCUT2D eigenvalue weighted by Gasteiger charge is -2.25. The minimum Gasteiger partial charge on any atom is -0.455 e. The van der Waals surface area contributed by atoms with Gasteiger partial charge in [0.15, 0.2) is 0 Å². The lowest BCUT2D eigenvalue weighted by molar-refractivity contribution is -0.108. The van der Waals surface area contributed by atoms with Crippen molar-refractivity contribution in [2.45, 2.75) is 11.7 Å². The molecule has 3 rings (SSSR count). The van der Waals surface area contributed by atoms with Crippen LogP contribution in [0.5, 0.6) is 5.75 Å². The van der Waals surface area contributed by atoms with Gasteiger partial charge in [-0.2, -0.15) is 0 Å². The highest BCUT2D eigenvalue weighted by atomic mass is 79.9. The lowest BCUT2D eigenvalue weighted by atomic mass is 9.95. The Morgan fingerprint density at radius 1 is 1.22 bits per heavy atom. The molecular formula is C17H11BrFO3S+. The minimum atomic E-state index is -0.536. The number of benzene rings is 2. The molecule has 1 aliphatic rings. The van der Waals surface area contributed by atoms with Gasteiger partial charge in [-0.1, -0.05) is 46.3 Å². The maximum absolute atomic E-state index is 13.5. The second-order valence-corrected chi connectivity index (χ2v) is 6.41. The first-order chi connectivity index (χ1) is 11.1. The van der Waals surface area contributed by atoms with E-state index in [9.17, 15) is 13.4 Å². The van der Waals surface area contributed by atoms with Gasteiger partial charge in [-0.15, -0.1) is 0 Å². The molecule has 0 fully saturated rings. The molecule has 0 aliphatic carbocycles.